The number of amides is 2. The number of furan rings is 1. The van der Waals surface area contributed by atoms with Crippen molar-refractivity contribution in [2.24, 2.45) is 0 Å². The molecule has 21 heavy (non-hydrogen) atoms. The number of hydrogen-bond acceptors (Lipinski definition) is 5. The molecule has 0 radical (unpaired) electrons. The number of aryl methyl sites for hydroxylation is 1. The van der Waals surface area contributed by atoms with Crippen LogP contribution in [0.15, 0.2) is 28.2 Å². The Morgan fingerprint density at radius 3 is 2.90 bits per heavy atom. The Kier molecular flexibility index (Phi) is 5.10. The van der Waals surface area contributed by atoms with Crippen LogP contribution >= 0.6 is 11.3 Å². The molecule has 0 aliphatic heterocycles. The normalized spacial score (nSPS) is 10.6. The second-order valence-electron chi connectivity index (χ2n) is 4.80. The van der Waals surface area contributed by atoms with Gasteiger partial charge in [0, 0.05) is 17.8 Å². The largest absolute Gasteiger partial charge is 0.459 e. The van der Waals surface area contributed by atoms with E-state index in [1.165, 1.54) is 17.6 Å². The summed E-state index contributed by atoms with van der Waals surface area (Å²) in [6.07, 6.45) is 2.37. The van der Waals surface area contributed by atoms with Crippen LogP contribution in [0.5, 0.6) is 0 Å². The Morgan fingerprint density at radius 2 is 2.24 bits per heavy atom. The van der Waals surface area contributed by atoms with Crippen LogP contribution in [0, 0.1) is 0 Å². The van der Waals surface area contributed by atoms with Crippen molar-refractivity contribution < 1.29 is 14.0 Å². The molecule has 2 amide bonds. The molecule has 0 saturated heterocycles. The molecule has 2 aromatic heterocycles. The predicted octanol–water partition coefficient (Wildman–Crippen LogP) is 2.45. The van der Waals surface area contributed by atoms with E-state index in [2.05, 4.69) is 15.6 Å². The lowest BCUT2D eigenvalue weighted by molar-refractivity contribution is -0.121. The Morgan fingerprint density at radius 1 is 1.43 bits per heavy atom. The van der Waals surface area contributed by atoms with Gasteiger partial charge in [-0.3, -0.25) is 14.9 Å². The van der Waals surface area contributed by atoms with Crippen molar-refractivity contribution in [3.05, 3.63) is 35.2 Å². The van der Waals surface area contributed by atoms with Crippen LogP contribution < -0.4 is 10.6 Å². The first kappa shape index (κ1) is 15.2. The smallest absolute Gasteiger partial charge is 0.293 e. The van der Waals surface area contributed by atoms with E-state index in [0.29, 0.717) is 18.0 Å². The molecule has 0 saturated carbocycles. The van der Waals surface area contributed by atoms with Crippen molar-refractivity contribution in [2.45, 2.75) is 32.7 Å². The summed E-state index contributed by atoms with van der Waals surface area (Å²) >= 11 is 1.32. The molecule has 0 aliphatic carbocycles. The average Bonchev–Trinajstić information content (AvgIpc) is 3.06. The van der Waals surface area contributed by atoms with Crippen molar-refractivity contribution in [3.63, 3.8) is 0 Å². The average molecular weight is 307 g/mol. The zero-order valence-corrected chi connectivity index (χ0v) is 12.7. The van der Waals surface area contributed by atoms with Crippen LogP contribution in [0.3, 0.4) is 0 Å². The maximum absolute atomic E-state index is 11.8. The molecule has 7 heteroatoms. The highest BCUT2D eigenvalue weighted by atomic mass is 32.1. The van der Waals surface area contributed by atoms with E-state index in [-0.39, 0.29) is 23.6 Å². The third kappa shape index (κ3) is 4.71. The van der Waals surface area contributed by atoms with Crippen molar-refractivity contribution in [3.8, 4) is 0 Å². The molecular formula is C14H17N3O3S. The maximum atomic E-state index is 11.8. The van der Waals surface area contributed by atoms with Crippen LogP contribution in [0.4, 0.5) is 5.13 Å². The summed E-state index contributed by atoms with van der Waals surface area (Å²) in [6.45, 7) is 3.84. The van der Waals surface area contributed by atoms with Crippen molar-refractivity contribution in [2.75, 3.05) is 5.32 Å². The molecule has 112 valence electrons. The maximum Gasteiger partial charge on any atom is 0.293 e. The summed E-state index contributed by atoms with van der Waals surface area (Å²) < 4.78 is 5.00. The van der Waals surface area contributed by atoms with E-state index in [0.717, 1.165) is 5.69 Å². The van der Waals surface area contributed by atoms with Crippen molar-refractivity contribution >= 4 is 28.3 Å². The Hall–Kier alpha value is -2.15. The van der Waals surface area contributed by atoms with Crippen molar-refractivity contribution in [1.82, 2.24) is 10.3 Å². The zero-order chi connectivity index (χ0) is 15.2. The molecule has 2 aromatic rings. The van der Waals surface area contributed by atoms with E-state index in [9.17, 15) is 9.59 Å². The predicted molar refractivity (Wildman–Crippen MR) is 80.4 cm³/mol. The first-order valence-corrected chi connectivity index (χ1v) is 7.51. The van der Waals surface area contributed by atoms with Gasteiger partial charge in [0.05, 0.1) is 12.0 Å². The summed E-state index contributed by atoms with van der Waals surface area (Å²) in [5.74, 6) is -0.0966. The molecular weight excluding hydrogens is 290 g/mol. The number of aromatic nitrogens is 1. The monoisotopic (exact) mass is 307 g/mol. The van der Waals surface area contributed by atoms with Gasteiger partial charge in [-0.25, -0.2) is 4.98 Å². The molecule has 0 fully saturated rings. The van der Waals surface area contributed by atoms with Crippen molar-refractivity contribution in [1.29, 1.82) is 0 Å². The van der Waals surface area contributed by atoms with Gasteiger partial charge in [-0.2, -0.15) is 0 Å². The fourth-order valence-corrected chi connectivity index (χ4v) is 2.42. The highest BCUT2D eigenvalue weighted by molar-refractivity contribution is 7.13. The Labute approximate surface area is 126 Å². The second kappa shape index (κ2) is 7.03. The molecule has 0 aliphatic rings. The number of nitrogens with one attached hydrogen (secondary N) is 2. The lowest BCUT2D eigenvalue weighted by Gasteiger charge is -2.06. The lowest BCUT2D eigenvalue weighted by atomic mass is 10.2. The number of nitrogens with zero attached hydrogens (tertiary/aromatic N) is 1. The standard InChI is InChI=1S/C14H17N3O3S/c1-9(2)15-12(18)6-5-10-8-21-14(16-10)17-13(19)11-4-3-7-20-11/h3-4,7-9H,5-6H2,1-2H3,(H,15,18)(H,16,17,19). The van der Waals surface area contributed by atoms with E-state index in [1.54, 1.807) is 12.1 Å². The first-order valence-electron chi connectivity index (χ1n) is 6.63. The van der Waals surface area contributed by atoms with Gasteiger partial charge in [0.15, 0.2) is 10.9 Å². The number of hydrogen-bond donors (Lipinski definition) is 2. The highest BCUT2D eigenvalue weighted by Gasteiger charge is 2.12. The van der Waals surface area contributed by atoms with Crippen LogP contribution in [0.2, 0.25) is 0 Å². The van der Waals surface area contributed by atoms with Crippen LogP contribution in [0.25, 0.3) is 0 Å². The van der Waals surface area contributed by atoms with Gasteiger partial charge in [-0.05, 0) is 32.4 Å². The van der Waals surface area contributed by atoms with Crippen LogP contribution in [0.1, 0.15) is 36.5 Å². The summed E-state index contributed by atoms with van der Waals surface area (Å²) in [6, 6.07) is 3.37. The molecule has 0 bridgehead atoms. The fraction of sp³-hybridized carbons (Fsp3) is 0.357. The Bertz CT molecular complexity index is 605. The summed E-state index contributed by atoms with van der Waals surface area (Å²) in [4.78, 5) is 27.6. The molecule has 2 N–H and O–H groups in total. The first-order chi connectivity index (χ1) is 10.0. The van der Waals surface area contributed by atoms with E-state index < -0.39 is 0 Å². The quantitative estimate of drug-likeness (QED) is 0.858. The highest BCUT2D eigenvalue weighted by Crippen LogP contribution is 2.17. The second-order valence-corrected chi connectivity index (χ2v) is 5.66. The number of rotatable bonds is 6. The van der Waals surface area contributed by atoms with Gasteiger partial charge in [-0.1, -0.05) is 0 Å². The van der Waals surface area contributed by atoms with Gasteiger partial charge < -0.3 is 9.73 Å². The Balaban J connectivity index is 1.84. The van der Waals surface area contributed by atoms with Crippen LogP contribution in [-0.2, 0) is 11.2 Å². The summed E-state index contributed by atoms with van der Waals surface area (Å²) in [5, 5.41) is 7.81. The topological polar surface area (TPSA) is 84.2 Å². The zero-order valence-electron chi connectivity index (χ0n) is 11.9. The van der Waals surface area contributed by atoms with E-state index in [4.69, 9.17) is 4.42 Å². The molecule has 2 rings (SSSR count). The number of carbonyl (C=O) groups is 2. The number of carbonyl (C=O) groups excluding carboxylic acids is 2. The molecule has 6 nitrogen and oxygen atoms in total. The fourth-order valence-electron chi connectivity index (χ4n) is 1.68. The SMILES string of the molecule is CC(C)NC(=O)CCc1csc(NC(=O)c2ccco2)n1. The molecule has 0 unspecified atom stereocenters. The van der Waals surface area contributed by atoms with E-state index in [1.807, 2.05) is 19.2 Å². The van der Waals surface area contributed by atoms with Gasteiger partial charge in [0.2, 0.25) is 5.91 Å². The van der Waals surface area contributed by atoms with Gasteiger partial charge in [0.25, 0.3) is 5.91 Å². The minimum atomic E-state index is -0.335. The number of thiazole rings is 1. The van der Waals surface area contributed by atoms with Crippen LogP contribution in [-0.4, -0.2) is 22.8 Å². The van der Waals surface area contributed by atoms with Gasteiger partial charge in [-0.15, -0.1) is 11.3 Å². The molecule has 0 spiro atoms. The third-order valence-corrected chi connectivity index (χ3v) is 3.38. The summed E-state index contributed by atoms with van der Waals surface area (Å²) in [7, 11) is 0. The van der Waals surface area contributed by atoms with Gasteiger partial charge in [0.1, 0.15) is 0 Å². The van der Waals surface area contributed by atoms with Gasteiger partial charge >= 0.3 is 0 Å². The lowest BCUT2D eigenvalue weighted by Crippen LogP contribution is -2.30. The van der Waals surface area contributed by atoms with E-state index >= 15 is 0 Å². The summed E-state index contributed by atoms with van der Waals surface area (Å²) in [5.41, 5.74) is 0.786. The minimum Gasteiger partial charge on any atom is -0.459 e. The molecule has 0 aromatic carbocycles. The number of anilines is 1. The third-order valence-electron chi connectivity index (χ3n) is 2.58. The molecule has 2 heterocycles. The minimum absolute atomic E-state index is 0.000767. The molecule has 0 atom stereocenters.